The van der Waals surface area contributed by atoms with Crippen LogP contribution in [0.15, 0.2) is 0 Å². The molecule has 0 aliphatic heterocycles. The highest BCUT2D eigenvalue weighted by molar-refractivity contribution is 6.77. The number of hydrogen-bond acceptors (Lipinski definition) is 2. The summed E-state index contributed by atoms with van der Waals surface area (Å²) in [5.41, 5.74) is 0. The summed E-state index contributed by atoms with van der Waals surface area (Å²) >= 11 is 0. The first-order chi connectivity index (χ1) is 4.81. The van der Waals surface area contributed by atoms with Gasteiger partial charge in [0.15, 0.2) is 0 Å². The summed E-state index contributed by atoms with van der Waals surface area (Å²) in [6.07, 6.45) is 0. The molecule has 68 valence electrons. The Balaban J connectivity index is 4.00. The number of rotatable bonds is 3. The lowest BCUT2D eigenvalue weighted by Gasteiger charge is -2.37. The molecular formula is C8H21NOSi. The molecule has 0 atom stereocenters. The fourth-order valence-corrected chi connectivity index (χ4v) is 1.90. The van der Waals surface area contributed by atoms with Crippen LogP contribution in [0.4, 0.5) is 0 Å². The Morgan fingerprint density at radius 1 is 1.27 bits per heavy atom. The van der Waals surface area contributed by atoms with Gasteiger partial charge in [-0.1, -0.05) is 33.9 Å². The van der Waals surface area contributed by atoms with E-state index in [2.05, 4.69) is 38.8 Å². The fourth-order valence-electron chi connectivity index (χ4n) is 0.634. The van der Waals surface area contributed by atoms with Gasteiger partial charge in [0.1, 0.15) is 8.24 Å². The van der Waals surface area contributed by atoms with E-state index >= 15 is 0 Å². The van der Waals surface area contributed by atoms with Gasteiger partial charge in [0.2, 0.25) is 0 Å². The number of aliphatic hydroxyl groups is 1. The highest BCUT2D eigenvalue weighted by Crippen LogP contribution is 2.33. The van der Waals surface area contributed by atoms with E-state index < -0.39 is 8.24 Å². The van der Waals surface area contributed by atoms with E-state index in [1.807, 2.05) is 0 Å². The predicted molar refractivity (Wildman–Crippen MR) is 52.3 cm³/mol. The summed E-state index contributed by atoms with van der Waals surface area (Å²) in [6, 6.07) is 0. The van der Waals surface area contributed by atoms with Crippen molar-refractivity contribution in [3.63, 3.8) is 0 Å². The molecule has 0 aromatic rings. The van der Waals surface area contributed by atoms with Crippen LogP contribution in [0.1, 0.15) is 20.8 Å². The maximum atomic E-state index is 8.66. The second-order valence-corrected chi connectivity index (χ2v) is 9.63. The quantitative estimate of drug-likeness (QED) is 0.638. The summed E-state index contributed by atoms with van der Waals surface area (Å²) in [6.45, 7) is 12.3. The highest BCUT2D eigenvalue weighted by Gasteiger charge is 2.34. The zero-order valence-electron chi connectivity index (χ0n) is 8.36. The molecule has 0 spiro atoms. The zero-order chi connectivity index (χ0) is 9.12. The maximum absolute atomic E-state index is 8.66. The van der Waals surface area contributed by atoms with Gasteiger partial charge in [-0.25, -0.2) is 0 Å². The van der Waals surface area contributed by atoms with Gasteiger partial charge in [-0.3, -0.25) is 0 Å². The third-order valence-electron chi connectivity index (χ3n) is 2.55. The molecule has 0 aromatic heterocycles. The molecule has 0 saturated heterocycles. The summed E-state index contributed by atoms with van der Waals surface area (Å²) in [5.74, 6) is 0. The molecule has 0 amide bonds. The molecule has 0 heterocycles. The van der Waals surface area contributed by atoms with E-state index in [-0.39, 0.29) is 6.61 Å². The van der Waals surface area contributed by atoms with Gasteiger partial charge in [0.25, 0.3) is 0 Å². The van der Waals surface area contributed by atoms with Crippen LogP contribution in [0.5, 0.6) is 0 Å². The van der Waals surface area contributed by atoms with Crippen LogP contribution >= 0.6 is 0 Å². The lowest BCUT2D eigenvalue weighted by Crippen LogP contribution is -2.52. The topological polar surface area (TPSA) is 32.3 Å². The largest absolute Gasteiger partial charge is 0.395 e. The first-order valence-corrected chi connectivity index (χ1v) is 7.17. The lowest BCUT2D eigenvalue weighted by atomic mass is 10.2. The van der Waals surface area contributed by atoms with E-state index in [0.29, 0.717) is 5.04 Å². The lowest BCUT2D eigenvalue weighted by molar-refractivity contribution is 0.300. The minimum absolute atomic E-state index is 0.243. The van der Waals surface area contributed by atoms with Gasteiger partial charge >= 0.3 is 0 Å². The molecule has 0 aliphatic rings. The van der Waals surface area contributed by atoms with Crippen molar-refractivity contribution in [3.05, 3.63) is 0 Å². The van der Waals surface area contributed by atoms with Crippen molar-refractivity contribution in [2.75, 3.05) is 13.2 Å². The summed E-state index contributed by atoms with van der Waals surface area (Å²) in [4.78, 5) is 3.44. The van der Waals surface area contributed by atoms with Crippen molar-refractivity contribution in [2.24, 2.45) is 0 Å². The zero-order valence-corrected chi connectivity index (χ0v) is 9.36. The van der Waals surface area contributed by atoms with Gasteiger partial charge in [0, 0.05) is 6.54 Å². The van der Waals surface area contributed by atoms with E-state index in [0.717, 1.165) is 6.54 Å². The number of nitrogens with one attached hydrogen (secondary N) is 1. The standard InChI is InChI=1S/C8H21NOSi/c1-8(2,3)11(4,5)9-6-7-10/h9-10H,6-7H2,1-5H3. The molecule has 2 nitrogen and oxygen atoms in total. The molecule has 0 radical (unpaired) electrons. The minimum atomic E-state index is -1.34. The molecule has 0 rings (SSSR count). The molecule has 2 N–H and O–H groups in total. The Labute approximate surface area is 71.1 Å². The van der Waals surface area contributed by atoms with E-state index in [4.69, 9.17) is 5.11 Å². The Kier molecular flexibility index (Phi) is 3.74. The Hall–Kier alpha value is 0.137. The maximum Gasteiger partial charge on any atom is 0.124 e. The van der Waals surface area contributed by atoms with E-state index in [1.165, 1.54) is 0 Å². The van der Waals surface area contributed by atoms with Crippen LogP contribution in [-0.4, -0.2) is 26.5 Å². The predicted octanol–water partition coefficient (Wildman–Crippen LogP) is 1.57. The van der Waals surface area contributed by atoms with Crippen molar-refractivity contribution in [2.45, 2.75) is 38.9 Å². The molecule has 0 saturated carbocycles. The van der Waals surface area contributed by atoms with Crippen LogP contribution in [0, 0.1) is 0 Å². The van der Waals surface area contributed by atoms with Crippen LogP contribution in [0.2, 0.25) is 18.1 Å². The van der Waals surface area contributed by atoms with Gasteiger partial charge in [-0.05, 0) is 5.04 Å². The minimum Gasteiger partial charge on any atom is -0.395 e. The van der Waals surface area contributed by atoms with Crippen molar-refractivity contribution in [1.29, 1.82) is 0 Å². The molecular weight excluding hydrogens is 154 g/mol. The van der Waals surface area contributed by atoms with E-state index in [1.54, 1.807) is 0 Å². The van der Waals surface area contributed by atoms with Crippen molar-refractivity contribution in [3.8, 4) is 0 Å². The normalized spacial score (nSPS) is 13.6. The third-order valence-corrected chi connectivity index (χ3v) is 7.44. The molecule has 0 bridgehead atoms. The number of aliphatic hydroxyl groups excluding tert-OH is 1. The first kappa shape index (κ1) is 11.1. The van der Waals surface area contributed by atoms with Crippen LogP contribution < -0.4 is 4.98 Å². The average Bonchev–Trinajstić information content (AvgIpc) is 1.81. The van der Waals surface area contributed by atoms with Crippen LogP contribution in [0.25, 0.3) is 0 Å². The Bertz CT molecular complexity index is 118. The van der Waals surface area contributed by atoms with E-state index in [9.17, 15) is 0 Å². The third kappa shape index (κ3) is 3.36. The van der Waals surface area contributed by atoms with Gasteiger partial charge in [0.05, 0.1) is 6.61 Å². The molecule has 3 heteroatoms. The van der Waals surface area contributed by atoms with Gasteiger partial charge in [-0.15, -0.1) is 0 Å². The van der Waals surface area contributed by atoms with Crippen LogP contribution in [-0.2, 0) is 0 Å². The van der Waals surface area contributed by atoms with Gasteiger partial charge in [-0.2, -0.15) is 0 Å². The Morgan fingerprint density at radius 3 is 2.00 bits per heavy atom. The smallest absolute Gasteiger partial charge is 0.124 e. The summed E-state index contributed by atoms with van der Waals surface area (Å²) in [5, 5.41) is 9.02. The summed E-state index contributed by atoms with van der Waals surface area (Å²) in [7, 11) is -1.34. The van der Waals surface area contributed by atoms with Crippen molar-refractivity contribution >= 4 is 8.24 Å². The van der Waals surface area contributed by atoms with Crippen LogP contribution in [0.3, 0.4) is 0 Å². The molecule has 0 fully saturated rings. The average molecular weight is 175 g/mol. The first-order valence-electron chi connectivity index (χ1n) is 4.17. The summed E-state index contributed by atoms with van der Waals surface area (Å²) < 4.78 is 0. The fraction of sp³-hybridized carbons (Fsp3) is 1.00. The SMILES string of the molecule is CC(C)(C)[Si](C)(C)NCCO. The molecule has 11 heavy (non-hydrogen) atoms. The molecule has 0 unspecified atom stereocenters. The second kappa shape index (κ2) is 3.69. The molecule has 0 aliphatic carbocycles. The molecule has 0 aromatic carbocycles. The van der Waals surface area contributed by atoms with Crippen molar-refractivity contribution in [1.82, 2.24) is 4.98 Å². The highest BCUT2D eigenvalue weighted by atomic mass is 28.3. The second-order valence-electron chi connectivity index (χ2n) is 4.53. The number of hydrogen-bond donors (Lipinski definition) is 2. The monoisotopic (exact) mass is 175 g/mol. The van der Waals surface area contributed by atoms with Gasteiger partial charge < -0.3 is 10.1 Å². The van der Waals surface area contributed by atoms with Crippen molar-refractivity contribution < 1.29 is 5.11 Å². The Morgan fingerprint density at radius 2 is 1.73 bits per heavy atom.